The Bertz CT molecular complexity index is 642. The van der Waals surface area contributed by atoms with E-state index in [0.717, 1.165) is 29.0 Å². The summed E-state index contributed by atoms with van der Waals surface area (Å²) in [6, 6.07) is 10.6. The van der Waals surface area contributed by atoms with Crippen molar-refractivity contribution in [2.75, 3.05) is 0 Å². The number of aryl methyl sites for hydroxylation is 1. The first-order chi connectivity index (χ1) is 8.75. The zero-order valence-electron chi connectivity index (χ0n) is 9.74. The lowest BCUT2D eigenvalue weighted by Crippen LogP contribution is -2.15. The van der Waals surface area contributed by atoms with Crippen LogP contribution in [-0.4, -0.2) is 5.84 Å². The molecule has 0 aliphatic carbocycles. The third-order valence-electron chi connectivity index (χ3n) is 3.00. The zero-order valence-corrected chi connectivity index (χ0v) is 12.1. The summed E-state index contributed by atoms with van der Waals surface area (Å²) in [4.78, 5) is 0. The molecule has 3 rings (SSSR count). The molecule has 5 heteroatoms. The van der Waals surface area contributed by atoms with Crippen LogP contribution in [-0.2, 0) is 10.7 Å². The number of nitrogens with one attached hydrogen (secondary N) is 1. The number of rotatable bonds is 2. The summed E-state index contributed by atoms with van der Waals surface area (Å²) in [5.74, 6) is 0.846. The van der Waals surface area contributed by atoms with Crippen molar-refractivity contribution in [1.29, 1.82) is 0 Å². The Balaban J connectivity index is 2.10. The topological polar surface area (TPSA) is 33.6 Å². The lowest BCUT2D eigenvalue weighted by molar-refractivity contribution is 0.415. The highest BCUT2D eigenvalue weighted by Crippen LogP contribution is 2.31. The number of oxime groups is 1. The van der Waals surface area contributed by atoms with Gasteiger partial charge in [-0.1, -0.05) is 35.5 Å². The number of amidine groups is 1. The molecule has 0 amide bonds. The summed E-state index contributed by atoms with van der Waals surface area (Å²) in [5.41, 5.74) is 2.49. The molecule has 0 radical (unpaired) electrons. The summed E-state index contributed by atoms with van der Waals surface area (Å²) in [7, 11) is 0. The molecule has 0 fully saturated rings. The van der Waals surface area contributed by atoms with E-state index in [-0.39, 0.29) is 0 Å². The summed E-state index contributed by atoms with van der Waals surface area (Å²) < 4.78 is 9.04. The van der Waals surface area contributed by atoms with Gasteiger partial charge in [-0.25, -0.2) is 0 Å². The molecular formula is C13H11BrN2OS. The molecule has 1 aliphatic rings. The van der Waals surface area contributed by atoms with Crippen molar-refractivity contribution in [3.8, 4) is 0 Å². The van der Waals surface area contributed by atoms with Crippen molar-refractivity contribution in [1.82, 2.24) is 4.72 Å². The molecule has 92 valence electrons. The first-order valence-corrected chi connectivity index (χ1v) is 7.11. The predicted octanol–water partition coefficient (Wildman–Crippen LogP) is 3.95. The van der Waals surface area contributed by atoms with Gasteiger partial charge in [0.05, 0.1) is 0 Å². The number of hydrogen-bond donors (Lipinski definition) is 1. The van der Waals surface area contributed by atoms with E-state index < -0.39 is 0 Å². The number of benzene rings is 2. The van der Waals surface area contributed by atoms with Crippen molar-refractivity contribution in [2.45, 2.75) is 13.3 Å². The highest BCUT2D eigenvalue weighted by Gasteiger charge is 2.15. The number of halogens is 1. The lowest BCUT2D eigenvalue weighted by atomic mass is 9.99. The smallest absolute Gasteiger partial charge is 0.208 e. The molecular weight excluding hydrogens is 312 g/mol. The van der Waals surface area contributed by atoms with Crippen LogP contribution in [0.4, 0.5) is 0 Å². The molecule has 0 atom stereocenters. The third-order valence-corrected chi connectivity index (χ3v) is 4.37. The van der Waals surface area contributed by atoms with Crippen LogP contribution < -0.4 is 4.72 Å². The summed E-state index contributed by atoms with van der Waals surface area (Å²) in [6.07, 6.45) is 0.740. The number of nitrogens with zero attached hydrogens (tertiary/aromatic N) is 1. The Kier molecular flexibility index (Phi) is 3.18. The van der Waals surface area contributed by atoms with E-state index in [1.807, 2.05) is 0 Å². The average Bonchev–Trinajstić information content (AvgIpc) is 2.87. The normalized spacial score (nSPS) is 14.2. The fraction of sp³-hybridized carbons (Fsp3) is 0.154. The molecule has 18 heavy (non-hydrogen) atoms. The molecule has 1 N–H and O–H groups in total. The summed E-state index contributed by atoms with van der Waals surface area (Å²) in [5, 5.41) is 6.42. The molecule has 2 aromatic carbocycles. The quantitative estimate of drug-likeness (QED) is 0.671. The van der Waals surface area contributed by atoms with Gasteiger partial charge in [0.2, 0.25) is 12.2 Å². The minimum absolute atomic E-state index is 0.740. The standard InChI is InChI=1S/C13H11BrN2OS/c1-8-6-9-4-2-3-5-10(9)13(14)11(8)7-12-15-17-18-16-12/h2-6H,7H2,1H3,(H,15,16). The van der Waals surface area contributed by atoms with Crippen molar-refractivity contribution in [3.05, 3.63) is 45.9 Å². The molecule has 3 nitrogen and oxygen atoms in total. The van der Waals surface area contributed by atoms with Crippen molar-refractivity contribution >= 4 is 44.8 Å². The summed E-state index contributed by atoms with van der Waals surface area (Å²) >= 11 is 4.86. The lowest BCUT2D eigenvalue weighted by Gasteiger charge is -2.11. The largest absolute Gasteiger partial charge is 0.297 e. The van der Waals surface area contributed by atoms with Crippen LogP contribution in [0.2, 0.25) is 0 Å². The van der Waals surface area contributed by atoms with Gasteiger partial charge in [0, 0.05) is 10.9 Å². The van der Waals surface area contributed by atoms with Gasteiger partial charge in [0.15, 0.2) is 5.84 Å². The van der Waals surface area contributed by atoms with Gasteiger partial charge < -0.3 is 0 Å². The second-order valence-electron chi connectivity index (χ2n) is 4.18. The Morgan fingerprint density at radius 1 is 1.39 bits per heavy atom. The highest BCUT2D eigenvalue weighted by atomic mass is 79.9. The van der Waals surface area contributed by atoms with Gasteiger partial charge in [-0.3, -0.25) is 9.01 Å². The molecule has 0 aromatic heterocycles. The SMILES string of the molecule is Cc1cc2ccccc2c(Br)c1CC1=NOSN1. The van der Waals surface area contributed by atoms with E-state index in [1.54, 1.807) is 0 Å². The molecule has 0 spiro atoms. The minimum atomic E-state index is 0.740. The van der Waals surface area contributed by atoms with E-state index in [2.05, 4.69) is 63.1 Å². The third kappa shape index (κ3) is 2.08. The molecule has 1 heterocycles. The minimum Gasteiger partial charge on any atom is -0.297 e. The maximum absolute atomic E-state index is 4.87. The molecule has 0 saturated heterocycles. The van der Waals surface area contributed by atoms with Gasteiger partial charge in [-0.15, -0.1) is 0 Å². The molecule has 0 saturated carbocycles. The van der Waals surface area contributed by atoms with Crippen LogP contribution in [0.3, 0.4) is 0 Å². The van der Waals surface area contributed by atoms with E-state index in [1.165, 1.54) is 21.9 Å². The second-order valence-corrected chi connectivity index (χ2v) is 5.49. The zero-order chi connectivity index (χ0) is 12.5. The number of fused-ring (bicyclic) bond motifs is 1. The Morgan fingerprint density at radius 2 is 2.22 bits per heavy atom. The Morgan fingerprint density at radius 3 is 3.00 bits per heavy atom. The van der Waals surface area contributed by atoms with Crippen molar-refractivity contribution in [3.63, 3.8) is 0 Å². The van der Waals surface area contributed by atoms with Gasteiger partial charge >= 0.3 is 0 Å². The Hall–Kier alpha value is -1.20. The number of hydrogen-bond acceptors (Lipinski definition) is 4. The van der Waals surface area contributed by atoms with Gasteiger partial charge in [0.25, 0.3) is 0 Å². The molecule has 2 aromatic rings. The van der Waals surface area contributed by atoms with E-state index >= 15 is 0 Å². The monoisotopic (exact) mass is 322 g/mol. The molecule has 0 bridgehead atoms. The Labute approximate surface area is 118 Å². The first-order valence-electron chi connectivity index (χ1n) is 5.58. The first kappa shape index (κ1) is 11.9. The highest BCUT2D eigenvalue weighted by molar-refractivity contribution is 9.10. The summed E-state index contributed by atoms with van der Waals surface area (Å²) in [6.45, 7) is 2.12. The molecule has 1 aliphatic heterocycles. The van der Waals surface area contributed by atoms with E-state index in [4.69, 9.17) is 4.28 Å². The van der Waals surface area contributed by atoms with Gasteiger partial charge in [-0.05, 0) is 44.8 Å². The van der Waals surface area contributed by atoms with Crippen LogP contribution in [0.5, 0.6) is 0 Å². The molecule has 0 unspecified atom stereocenters. The second kappa shape index (κ2) is 4.82. The van der Waals surface area contributed by atoms with Crippen LogP contribution in [0.25, 0.3) is 10.8 Å². The van der Waals surface area contributed by atoms with Gasteiger partial charge in [0.1, 0.15) is 0 Å². The van der Waals surface area contributed by atoms with Gasteiger partial charge in [-0.2, -0.15) is 0 Å². The van der Waals surface area contributed by atoms with Crippen LogP contribution in [0, 0.1) is 6.92 Å². The van der Waals surface area contributed by atoms with Crippen molar-refractivity contribution in [2.24, 2.45) is 5.16 Å². The van der Waals surface area contributed by atoms with Crippen LogP contribution in [0.1, 0.15) is 11.1 Å². The fourth-order valence-electron chi connectivity index (χ4n) is 2.08. The maximum atomic E-state index is 4.87. The maximum Gasteiger partial charge on any atom is 0.208 e. The van der Waals surface area contributed by atoms with Crippen LogP contribution >= 0.6 is 28.2 Å². The van der Waals surface area contributed by atoms with Crippen molar-refractivity contribution < 1.29 is 4.28 Å². The van der Waals surface area contributed by atoms with Crippen LogP contribution in [0.15, 0.2) is 40.0 Å². The fourth-order valence-corrected chi connectivity index (χ4v) is 3.26. The van der Waals surface area contributed by atoms with E-state index in [9.17, 15) is 0 Å². The van der Waals surface area contributed by atoms with E-state index in [0.29, 0.717) is 0 Å². The average molecular weight is 323 g/mol. The predicted molar refractivity (Wildman–Crippen MR) is 79.3 cm³/mol.